The second kappa shape index (κ2) is 5.12. The second-order valence-electron chi connectivity index (χ2n) is 5.50. The van der Waals surface area contributed by atoms with Gasteiger partial charge in [-0.25, -0.2) is 0 Å². The summed E-state index contributed by atoms with van der Waals surface area (Å²) in [5.74, 6) is 0. The Labute approximate surface area is 110 Å². The first-order valence-electron chi connectivity index (χ1n) is 6.96. The van der Waals surface area contributed by atoms with E-state index in [1.54, 1.807) is 0 Å². The fraction of sp³-hybridized carbons (Fsp3) is 0.562. The molecule has 96 valence electrons. The summed E-state index contributed by atoms with van der Waals surface area (Å²) in [6.07, 6.45) is 5.60. The maximum absolute atomic E-state index is 9.23. The molecular formula is C16H22N2. The Morgan fingerprint density at radius 3 is 2.56 bits per heavy atom. The van der Waals surface area contributed by atoms with E-state index in [1.165, 1.54) is 11.1 Å². The molecule has 1 aromatic rings. The summed E-state index contributed by atoms with van der Waals surface area (Å²) in [6.45, 7) is 4.44. The van der Waals surface area contributed by atoms with Crippen LogP contribution in [0.5, 0.6) is 0 Å². The van der Waals surface area contributed by atoms with Gasteiger partial charge in [-0.3, -0.25) is 0 Å². The minimum atomic E-state index is 0.0979. The predicted molar refractivity (Wildman–Crippen MR) is 74.0 cm³/mol. The number of nitrogens with zero attached hydrogens (tertiary/aromatic N) is 1. The van der Waals surface area contributed by atoms with Crippen molar-refractivity contribution >= 4 is 0 Å². The van der Waals surface area contributed by atoms with E-state index in [0.29, 0.717) is 0 Å². The third-order valence-corrected chi connectivity index (χ3v) is 4.35. The quantitative estimate of drug-likeness (QED) is 0.875. The summed E-state index contributed by atoms with van der Waals surface area (Å²) in [5.41, 5.74) is 9.92. The van der Waals surface area contributed by atoms with Crippen LogP contribution in [-0.2, 0) is 6.42 Å². The van der Waals surface area contributed by atoms with Crippen LogP contribution in [0.4, 0.5) is 0 Å². The Kier molecular flexibility index (Phi) is 3.73. The Morgan fingerprint density at radius 2 is 2.00 bits per heavy atom. The molecular weight excluding hydrogens is 220 g/mol. The standard InChI is InChI=1S/C16H22N2/c1-3-8-16(9-4-2)10-14-12(11-17)6-5-7-13(14)15(16)18/h5-7,15H,3-4,8-10,18H2,1-2H3. The molecule has 1 atom stereocenters. The van der Waals surface area contributed by atoms with Gasteiger partial charge in [-0.2, -0.15) is 5.26 Å². The van der Waals surface area contributed by atoms with E-state index >= 15 is 0 Å². The molecule has 2 heteroatoms. The van der Waals surface area contributed by atoms with Crippen molar-refractivity contribution in [3.8, 4) is 6.07 Å². The van der Waals surface area contributed by atoms with Crippen LogP contribution in [0, 0.1) is 16.7 Å². The average molecular weight is 242 g/mol. The molecule has 2 nitrogen and oxygen atoms in total. The number of rotatable bonds is 4. The van der Waals surface area contributed by atoms with E-state index in [4.69, 9.17) is 5.73 Å². The van der Waals surface area contributed by atoms with Crippen molar-refractivity contribution in [3.63, 3.8) is 0 Å². The smallest absolute Gasteiger partial charge is 0.0994 e. The number of benzene rings is 1. The lowest BCUT2D eigenvalue weighted by atomic mass is 9.74. The summed E-state index contributed by atoms with van der Waals surface area (Å²) in [6, 6.07) is 8.40. The molecule has 0 saturated carbocycles. The third-order valence-electron chi connectivity index (χ3n) is 4.35. The molecule has 0 aliphatic heterocycles. The Morgan fingerprint density at radius 1 is 1.33 bits per heavy atom. The van der Waals surface area contributed by atoms with Crippen LogP contribution in [0.25, 0.3) is 0 Å². The molecule has 2 N–H and O–H groups in total. The molecule has 2 rings (SSSR count). The molecule has 1 unspecified atom stereocenters. The van der Waals surface area contributed by atoms with Gasteiger partial charge in [0, 0.05) is 6.04 Å². The maximum Gasteiger partial charge on any atom is 0.0994 e. The lowest BCUT2D eigenvalue weighted by Crippen LogP contribution is -2.31. The van der Waals surface area contributed by atoms with E-state index in [0.717, 1.165) is 37.7 Å². The molecule has 1 aromatic carbocycles. The maximum atomic E-state index is 9.23. The Hall–Kier alpha value is -1.33. The number of hydrogen-bond acceptors (Lipinski definition) is 2. The SMILES string of the molecule is CCCC1(CCC)Cc2c(C#N)cccc2C1N. The van der Waals surface area contributed by atoms with Crippen LogP contribution in [0.2, 0.25) is 0 Å². The summed E-state index contributed by atoms with van der Waals surface area (Å²) in [4.78, 5) is 0. The normalized spacial score (nSPS) is 20.4. The van der Waals surface area contributed by atoms with Gasteiger partial charge in [0.15, 0.2) is 0 Å². The molecule has 0 bridgehead atoms. The first-order valence-corrected chi connectivity index (χ1v) is 6.96. The van der Waals surface area contributed by atoms with Crippen LogP contribution < -0.4 is 5.73 Å². The highest BCUT2D eigenvalue weighted by molar-refractivity contribution is 5.48. The van der Waals surface area contributed by atoms with Crippen LogP contribution in [0.1, 0.15) is 62.3 Å². The van der Waals surface area contributed by atoms with Gasteiger partial charge in [-0.15, -0.1) is 0 Å². The zero-order valence-corrected chi connectivity index (χ0v) is 11.4. The largest absolute Gasteiger partial charge is 0.323 e. The molecule has 0 fully saturated rings. The fourth-order valence-corrected chi connectivity index (χ4v) is 3.60. The topological polar surface area (TPSA) is 49.8 Å². The van der Waals surface area contributed by atoms with E-state index in [-0.39, 0.29) is 11.5 Å². The highest BCUT2D eigenvalue weighted by Crippen LogP contribution is 2.50. The van der Waals surface area contributed by atoms with E-state index in [2.05, 4.69) is 26.0 Å². The van der Waals surface area contributed by atoms with Gasteiger partial charge in [0.25, 0.3) is 0 Å². The van der Waals surface area contributed by atoms with Gasteiger partial charge >= 0.3 is 0 Å². The summed E-state index contributed by atoms with van der Waals surface area (Å²) >= 11 is 0. The second-order valence-corrected chi connectivity index (χ2v) is 5.50. The minimum Gasteiger partial charge on any atom is -0.323 e. The van der Waals surface area contributed by atoms with Crippen molar-refractivity contribution < 1.29 is 0 Å². The highest BCUT2D eigenvalue weighted by atomic mass is 14.7. The molecule has 0 radical (unpaired) electrons. The van der Waals surface area contributed by atoms with Crippen molar-refractivity contribution in [2.75, 3.05) is 0 Å². The molecule has 0 heterocycles. The van der Waals surface area contributed by atoms with Gasteiger partial charge in [0.2, 0.25) is 0 Å². The third kappa shape index (κ3) is 1.93. The summed E-state index contributed by atoms with van der Waals surface area (Å²) in [7, 11) is 0. The van der Waals surface area contributed by atoms with E-state index < -0.39 is 0 Å². The van der Waals surface area contributed by atoms with Gasteiger partial charge < -0.3 is 5.73 Å². The van der Waals surface area contributed by atoms with Gasteiger partial charge in [-0.1, -0.05) is 38.8 Å². The first-order chi connectivity index (χ1) is 8.68. The fourth-order valence-electron chi connectivity index (χ4n) is 3.60. The summed E-state index contributed by atoms with van der Waals surface area (Å²) < 4.78 is 0. The molecule has 1 aliphatic rings. The lowest BCUT2D eigenvalue weighted by molar-refractivity contribution is 0.201. The number of hydrogen-bond donors (Lipinski definition) is 1. The van der Waals surface area contributed by atoms with Crippen molar-refractivity contribution in [2.24, 2.45) is 11.1 Å². The van der Waals surface area contributed by atoms with Crippen molar-refractivity contribution in [1.82, 2.24) is 0 Å². The molecule has 0 aromatic heterocycles. The van der Waals surface area contributed by atoms with Crippen LogP contribution in [0.3, 0.4) is 0 Å². The van der Waals surface area contributed by atoms with Crippen molar-refractivity contribution in [1.29, 1.82) is 5.26 Å². The molecule has 18 heavy (non-hydrogen) atoms. The van der Waals surface area contributed by atoms with E-state index in [9.17, 15) is 5.26 Å². The number of nitrogens with two attached hydrogens (primary N) is 1. The summed E-state index contributed by atoms with van der Waals surface area (Å²) in [5, 5.41) is 9.23. The predicted octanol–water partition coefficient (Wildman–Crippen LogP) is 3.70. The molecule has 0 saturated heterocycles. The zero-order chi connectivity index (χ0) is 13.2. The highest BCUT2D eigenvalue weighted by Gasteiger charge is 2.43. The Balaban J connectivity index is 2.44. The van der Waals surface area contributed by atoms with Crippen LogP contribution >= 0.6 is 0 Å². The molecule has 0 amide bonds. The van der Waals surface area contributed by atoms with Crippen molar-refractivity contribution in [3.05, 3.63) is 34.9 Å². The van der Waals surface area contributed by atoms with Gasteiger partial charge in [-0.05, 0) is 41.9 Å². The van der Waals surface area contributed by atoms with Crippen LogP contribution in [-0.4, -0.2) is 0 Å². The number of fused-ring (bicyclic) bond motifs is 1. The first kappa shape index (κ1) is 13.1. The average Bonchev–Trinajstić information content (AvgIpc) is 2.64. The zero-order valence-electron chi connectivity index (χ0n) is 11.4. The van der Waals surface area contributed by atoms with Gasteiger partial charge in [0.1, 0.15) is 0 Å². The van der Waals surface area contributed by atoms with E-state index in [1.807, 2.05) is 12.1 Å². The monoisotopic (exact) mass is 242 g/mol. The number of nitriles is 1. The van der Waals surface area contributed by atoms with Crippen LogP contribution in [0.15, 0.2) is 18.2 Å². The molecule has 1 aliphatic carbocycles. The lowest BCUT2D eigenvalue weighted by Gasteiger charge is -2.33. The molecule has 0 spiro atoms. The van der Waals surface area contributed by atoms with Crippen molar-refractivity contribution in [2.45, 2.75) is 52.0 Å². The Bertz CT molecular complexity index is 464. The van der Waals surface area contributed by atoms with Gasteiger partial charge in [0.05, 0.1) is 11.6 Å². The minimum absolute atomic E-state index is 0.0979.